The Kier molecular flexibility index (Phi) is 4.07. The normalized spacial score (nSPS) is 21.8. The second kappa shape index (κ2) is 6.16. The van der Waals surface area contributed by atoms with Gasteiger partial charge < -0.3 is 10.2 Å². The smallest absolute Gasteiger partial charge is 0.240 e. The Balaban J connectivity index is 1.92. The maximum Gasteiger partial charge on any atom is 0.240 e. The number of carbonyl (C=O) groups excluding carboxylic acids is 1. The maximum atomic E-state index is 11.4. The Labute approximate surface area is 129 Å². The highest BCUT2D eigenvalue weighted by atomic mass is 16.2. The van der Waals surface area contributed by atoms with Crippen LogP contribution in [0.15, 0.2) is 23.3 Å². The molecule has 2 aliphatic rings. The van der Waals surface area contributed by atoms with E-state index < -0.39 is 0 Å². The number of amides is 1. The van der Waals surface area contributed by atoms with Crippen LogP contribution in [-0.4, -0.2) is 37.8 Å². The zero-order valence-corrected chi connectivity index (χ0v) is 12.6. The highest BCUT2D eigenvalue weighted by Gasteiger charge is 2.23. The first kappa shape index (κ1) is 14.5. The molecular formula is C16H19N5O. The van der Waals surface area contributed by atoms with Gasteiger partial charge in [0.1, 0.15) is 6.07 Å². The van der Waals surface area contributed by atoms with E-state index in [1.165, 1.54) is 0 Å². The number of hydrogen-bond donors (Lipinski definition) is 2. The van der Waals surface area contributed by atoms with Gasteiger partial charge in [0.25, 0.3) is 0 Å². The molecule has 0 aromatic heterocycles. The molecule has 6 heteroatoms. The lowest BCUT2D eigenvalue weighted by Crippen LogP contribution is -2.43. The lowest BCUT2D eigenvalue weighted by atomic mass is 9.93. The number of benzene rings is 1. The van der Waals surface area contributed by atoms with Crippen LogP contribution in [0.25, 0.3) is 0 Å². The number of carbonyl (C=O) groups is 1. The summed E-state index contributed by atoms with van der Waals surface area (Å²) in [6, 6.07) is 8.15. The van der Waals surface area contributed by atoms with Gasteiger partial charge in [0.2, 0.25) is 5.91 Å². The van der Waals surface area contributed by atoms with E-state index >= 15 is 0 Å². The van der Waals surface area contributed by atoms with Crippen molar-refractivity contribution in [2.75, 3.05) is 31.1 Å². The van der Waals surface area contributed by atoms with E-state index in [1.54, 1.807) is 0 Å². The molecule has 2 heterocycles. The standard InChI is InChI=1S/C16H19N5O/c1-11-8-15(22)19-20-16(11)12-2-3-14(13(9-12)10-17)21-6-4-18-5-7-21/h2-3,9,11,18H,4-8H2,1H3,(H,19,22). The van der Waals surface area contributed by atoms with Gasteiger partial charge in [0.05, 0.1) is 17.0 Å². The van der Waals surface area contributed by atoms with Gasteiger partial charge in [-0.05, 0) is 17.7 Å². The molecule has 2 aliphatic heterocycles. The lowest BCUT2D eigenvalue weighted by molar-refractivity contribution is -0.121. The van der Waals surface area contributed by atoms with Gasteiger partial charge in [0.15, 0.2) is 0 Å². The van der Waals surface area contributed by atoms with Crippen LogP contribution in [0.4, 0.5) is 5.69 Å². The predicted octanol–water partition coefficient (Wildman–Crippen LogP) is 0.828. The van der Waals surface area contributed by atoms with Crippen LogP contribution in [0.3, 0.4) is 0 Å². The van der Waals surface area contributed by atoms with Crippen LogP contribution in [0.2, 0.25) is 0 Å². The van der Waals surface area contributed by atoms with Gasteiger partial charge in [0, 0.05) is 38.5 Å². The van der Waals surface area contributed by atoms with E-state index in [9.17, 15) is 10.1 Å². The first-order valence-electron chi connectivity index (χ1n) is 7.55. The Morgan fingerprint density at radius 3 is 2.82 bits per heavy atom. The Morgan fingerprint density at radius 1 is 1.36 bits per heavy atom. The van der Waals surface area contributed by atoms with Crippen LogP contribution in [0.1, 0.15) is 24.5 Å². The lowest BCUT2D eigenvalue weighted by Gasteiger charge is -2.30. The summed E-state index contributed by atoms with van der Waals surface area (Å²) >= 11 is 0. The summed E-state index contributed by atoms with van der Waals surface area (Å²) in [6.45, 7) is 5.65. The van der Waals surface area contributed by atoms with Crippen molar-refractivity contribution in [2.45, 2.75) is 13.3 Å². The van der Waals surface area contributed by atoms with Crippen LogP contribution in [0, 0.1) is 17.2 Å². The van der Waals surface area contributed by atoms with Crippen molar-refractivity contribution in [3.05, 3.63) is 29.3 Å². The molecule has 1 aromatic carbocycles. The fourth-order valence-corrected chi connectivity index (χ4v) is 2.97. The number of nitriles is 1. The largest absolute Gasteiger partial charge is 0.368 e. The van der Waals surface area contributed by atoms with Gasteiger partial charge in [-0.15, -0.1) is 0 Å². The summed E-state index contributed by atoms with van der Waals surface area (Å²) < 4.78 is 0. The van der Waals surface area contributed by atoms with Crippen molar-refractivity contribution in [3.63, 3.8) is 0 Å². The van der Waals surface area contributed by atoms with Crippen molar-refractivity contribution in [3.8, 4) is 6.07 Å². The van der Waals surface area contributed by atoms with Crippen LogP contribution in [-0.2, 0) is 4.79 Å². The van der Waals surface area contributed by atoms with E-state index in [2.05, 4.69) is 26.8 Å². The van der Waals surface area contributed by atoms with Gasteiger partial charge in [-0.25, -0.2) is 5.43 Å². The monoisotopic (exact) mass is 297 g/mol. The van der Waals surface area contributed by atoms with Crippen LogP contribution < -0.4 is 15.6 Å². The third kappa shape index (κ3) is 2.81. The van der Waals surface area contributed by atoms with E-state index in [-0.39, 0.29) is 11.8 Å². The fourth-order valence-electron chi connectivity index (χ4n) is 2.97. The maximum absolute atomic E-state index is 11.4. The van der Waals surface area contributed by atoms with E-state index in [0.717, 1.165) is 43.1 Å². The molecule has 0 spiro atoms. The molecule has 1 fully saturated rings. The molecule has 0 saturated carbocycles. The average molecular weight is 297 g/mol. The van der Waals surface area contributed by atoms with Crippen LogP contribution >= 0.6 is 0 Å². The molecule has 0 radical (unpaired) electrons. The zero-order chi connectivity index (χ0) is 15.5. The second-order valence-electron chi connectivity index (χ2n) is 5.72. The third-order valence-electron chi connectivity index (χ3n) is 4.13. The minimum atomic E-state index is -0.0609. The Morgan fingerprint density at radius 2 is 2.14 bits per heavy atom. The molecule has 1 unspecified atom stereocenters. The number of rotatable bonds is 2. The summed E-state index contributed by atoms with van der Waals surface area (Å²) in [7, 11) is 0. The summed E-state index contributed by atoms with van der Waals surface area (Å²) in [5.41, 5.74) is 5.90. The predicted molar refractivity (Wildman–Crippen MR) is 84.7 cm³/mol. The molecule has 1 saturated heterocycles. The molecule has 1 atom stereocenters. The molecule has 1 aromatic rings. The van der Waals surface area contributed by atoms with Gasteiger partial charge in [-0.3, -0.25) is 4.79 Å². The van der Waals surface area contributed by atoms with Crippen molar-refractivity contribution in [1.29, 1.82) is 5.26 Å². The van der Waals surface area contributed by atoms with E-state index in [4.69, 9.17) is 0 Å². The van der Waals surface area contributed by atoms with Gasteiger partial charge in [-0.2, -0.15) is 10.4 Å². The molecule has 3 rings (SSSR count). The van der Waals surface area contributed by atoms with Crippen LogP contribution in [0.5, 0.6) is 0 Å². The zero-order valence-electron chi connectivity index (χ0n) is 12.6. The first-order valence-corrected chi connectivity index (χ1v) is 7.55. The number of piperazine rings is 1. The number of nitrogens with one attached hydrogen (secondary N) is 2. The minimum Gasteiger partial charge on any atom is -0.368 e. The van der Waals surface area contributed by atoms with Gasteiger partial charge >= 0.3 is 0 Å². The Hall–Kier alpha value is -2.39. The summed E-state index contributed by atoms with van der Waals surface area (Å²) in [5.74, 6) is -0.000442. The quantitative estimate of drug-likeness (QED) is 0.847. The molecule has 114 valence electrons. The van der Waals surface area contributed by atoms with Crippen molar-refractivity contribution >= 4 is 17.3 Å². The number of anilines is 1. The Bertz CT molecular complexity index is 655. The summed E-state index contributed by atoms with van der Waals surface area (Å²) in [6.07, 6.45) is 0.431. The molecule has 1 amide bonds. The molecule has 2 N–H and O–H groups in total. The highest BCUT2D eigenvalue weighted by molar-refractivity contribution is 6.06. The summed E-state index contributed by atoms with van der Waals surface area (Å²) in [5, 5.41) is 17.0. The third-order valence-corrected chi connectivity index (χ3v) is 4.13. The number of hydrogen-bond acceptors (Lipinski definition) is 5. The van der Waals surface area contributed by atoms with E-state index in [0.29, 0.717) is 12.0 Å². The fraction of sp³-hybridized carbons (Fsp3) is 0.438. The second-order valence-corrected chi connectivity index (χ2v) is 5.72. The number of nitrogens with zero attached hydrogens (tertiary/aromatic N) is 3. The van der Waals surface area contributed by atoms with E-state index in [1.807, 2.05) is 25.1 Å². The average Bonchev–Trinajstić information content (AvgIpc) is 2.55. The SMILES string of the molecule is CC1CC(=O)NN=C1c1ccc(N2CCNCC2)c(C#N)c1. The topological polar surface area (TPSA) is 80.5 Å². The van der Waals surface area contributed by atoms with Crippen molar-refractivity contribution in [1.82, 2.24) is 10.7 Å². The van der Waals surface area contributed by atoms with Crippen molar-refractivity contribution in [2.24, 2.45) is 11.0 Å². The number of hydrazone groups is 1. The molecule has 6 nitrogen and oxygen atoms in total. The van der Waals surface area contributed by atoms with Gasteiger partial charge in [-0.1, -0.05) is 13.0 Å². The molecule has 0 bridgehead atoms. The highest BCUT2D eigenvalue weighted by Crippen LogP contribution is 2.25. The molecular weight excluding hydrogens is 278 g/mol. The first-order chi connectivity index (χ1) is 10.7. The van der Waals surface area contributed by atoms with Crippen molar-refractivity contribution < 1.29 is 4.79 Å². The molecule has 22 heavy (non-hydrogen) atoms. The minimum absolute atomic E-state index is 0.0605. The molecule has 0 aliphatic carbocycles. The summed E-state index contributed by atoms with van der Waals surface area (Å²) in [4.78, 5) is 13.6.